The van der Waals surface area contributed by atoms with Gasteiger partial charge in [-0.15, -0.1) is 0 Å². The maximum Gasteiger partial charge on any atom is 0.224 e. The molecule has 0 fully saturated rings. The lowest BCUT2D eigenvalue weighted by molar-refractivity contribution is 0.181. The van der Waals surface area contributed by atoms with Gasteiger partial charge in [0.1, 0.15) is 5.15 Å². The number of hydrogen-bond donors (Lipinski definition) is 0. The quantitative estimate of drug-likeness (QED) is 0.531. The predicted octanol–water partition coefficient (Wildman–Crippen LogP) is 1.93. The van der Waals surface area contributed by atoms with Gasteiger partial charge in [-0.2, -0.15) is 0 Å². The minimum atomic E-state index is 0.143. The van der Waals surface area contributed by atoms with E-state index in [0.717, 1.165) is 0 Å². The second-order valence-corrected chi connectivity index (χ2v) is 2.61. The molecular formula is C6H6Cl2N2O. The molecule has 0 unspecified atom stereocenters. The topological polar surface area (TPSA) is 35.0 Å². The van der Waals surface area contributed by atoms with E-state index in [-0.39, 0.29) is 5.28 Å². The van der Waals surface area contributed by atoms with Crippen molar-refractivity contribution in [2.45, 2.75) is 6.61 Å². The molecule has 0 aliphatic rings. The summed E-state index contributed by atoms with van der Waals surface area (Å²) >= 11 is 11.1. The van der Waals surface area contributed by atoms with Gasteiger partial charge in [0.25, 0.3) is 0 Å². The van der Waals surface area contributed by atoms with Crippen molar-refractivity contribution in [2.24, 2.45) is 0 Å². The minimum absolute atomic E-state index is 0.143. The molecule has 0 amide bonds. The van der Waals surface area contributed by atoms with Gasteiger partial charge in [-0.3, -0.25) is 0 Å². The lowest BCUT2D eigenvalue weighted by Gasteiger charge is -1.98. The summed E-state index contributed by atoms with van der Waals surface area (Å²) in [6, 6.07) is 1.61. The summed E-state index contributed by atoms with van der Waals surface area (Å²) in [4.78, 5) is 7.55. The zero-order chi connectivity index (χ0) is 8.27. The Morgan fingerprint density at radius 2 is 2.18 bits per heavy atom. The number of aromatic nitrogens is 2. The summed E-state index contributed by atoms with van der Waals surface area (Å²) in [6.45, 7) is 0.391. The molecule has 5 heteroatoms. The third-order valence-electron chi connectivity index (χ3n) is 1.01. The van der Waals surface area contributed by atoms with Gasteiger partial charge in [0, 0.05) is 7.11 Å². The van der Waals surface area contributed by atoms with Crippen molar-refractivity contribution >= 4 is 23.2 Å². The number of halogens is 2. The highest BCUT2D eigenvalue weighted by Crippen LogP contribution is 2.10. The van der Waals surface area contributed by atoms with Crippen LogP contribution in [0, 0.1) is 0 Å². The molecule has 0 aliphatic heterocycles. The lowest BCUT2D eigenvalue weighted by Crippen LogP contribution is -1.94. The zero-order valence-corrected chi connectivity index (χ0v) is 7.35. The van der Waals surface area contributed by atoms with Crippen LogP contribution in [0.5, 0.6) is 0 Å². The first-order valence-electron chi connectivity index (χ1n) is 2.90. The van der Waals surface area contributed by atoms with E-state index >= 15 is 0 Å². The second-order valence-electron chi connectivity index (χ2n) is 1.88. The summed E-state index contributed by atoms with van der Waals surface area (Å²) in [7, 11) is 1.57. The number of hydrogen-bond acceptors (Lipinski definition) is 3. The number of rotatable bonds is 2. The van der Waals surface area contributed by atoms with Crippen LogP contribution in [0.4, 0.5) is 0 Å². The number of nitrogens with zero attached hydrogens (tertiary/aromatic N) is 2. The van der Waals surface area contributed by atoms with Gasteiger partial charge in [-0.1, -0.05) is 11.6 Å². The minimum Gasteiger partial charge on any atom is -0.378 e. The monoisotopic (exact) mass is 192 g/mol. The number of methoxy groups -OCH3 is 1. The molecule has 0 aromatic carbocycles. The molecule has 1 rings (SSSR count). The summed E-state index contributed by atoms with van der Waals surface area (Å²) < 4.78 is 4.83. The highest BCUT2D eigenvalue weighted by molar-refractivity contribution is 6.31. The van der Waals surface area contributed by atoms with Gasteiger partial charge in [0.15, 0.2) is 0 Å². The molecular weight excluding hydrogens is 187 g/mol. The van der Waals surface area contributed by atoms with Crippen molar-refractivity contribution in [3.8, 4) is 0 Å². The maximum absolute atomic E-state index is 5.59. The van der Waals surface area contributed by atoms with E-state index in [2.05, 4.69) is 9.97 Å². The highest BCUT2D eigenvalue weighted by Gasteiger charge is 1.99. The van der Waals surface area contributed by atoms with Gasteiger partial charge in [0.2, 0.25) is 5.28 Å². The number of ether oxygens (including phenoxy) is 1. The molecule has 0 spiro atoms. The Kier molecular flexibility index (Phi) is 3.05. The van der Waals surface area contributed by atoms with Crippen LogP contribution >= 0.6 is 23.2 Å². The smallest absolute Gasteiger partial charge is 0.224 e. The van der Waals surface area contributed by atoms with Crippen molar-refractivity contribution in [3.63, 3.8) is 0 Å². The second kappa shape index (κ2) is 3.85. The summed E-state index contributed by atoms with van der Waals surface area (Å²) in [5.74, 6) is 0. The van der Waals surface area contributed by atoms with Crippen LogP contribution in [0.1, 0.15) is 5.69 Å². The van der Waals surface area contributed by atoms with Gasteiger partial charge in [0.05, 0.1) is 12.3 Å². The van der Waals surface area contributed by atoms with Crippen molar-refractivity contribution in [1.29, 1.82) is 0 Å². The van der Waals surface area contributed by atoms with Crippen LogP contribution in [0.25, 0.3) is 0 Å². The van der Waals surface area contributed by atoms with E-state index in [4.69, 9.17) is 27.9 Å². The standard InChI is InChI=1S/C6H6Cl2N2O/c1-11-3-4-2-5(7)10-6(8)9-4/h2H,3H2,1H3. The predicted molar refractivity (Wildman–Crippen MR) is 42.8 cm³/mol. The molecule has 0 saturated heterocycles. The van der Waals surface area contributed by atoms with Crippen LogP contribution in [-0.4, -0.2) is 17.1 Å². The van der Waals surface area contributed by atoms with Crippen LogP contribution in [-0.2, 0) is 11.3 Å². The summed E-state index contributed by atoms with van der Waals surface area (Å²) in [6.07, 6.45) is 0. The molecule has 1 aromatic rings. The molecule has 0 N–H and O–H groups in total. The van der Waals surface area contributed by atoms with E-state index in [1.54, 1.807) is 13.2 Å². The largest absolute Gasteiger partial charge is 0.378 e. The Labute approximate surface area is 74.3 Å². The lowest BCUT2D eigenvalue weighted by atomic mass is 10.4. The van der Waals surface area contributed by atoms with Crippen molar-refractivity contribution in [3.05, 3.63) is 22.2 Å². The zero-order valence-electron chi connectivity index (χ0n) is 5.84. The Hall–Kier alpha value is -0.380. The first-order chi connectivity index (χ1) is 5.22. The Balaban J connectivity index is 2.89. The van der Waals surface area contributed by atoms with E-state index in [1.807, 2.05) is 0 Å². The summed E-state index contributed by atoms with van der Waals surface area (Å²) in [5, 5.41) is 0.474. The molecule has 0 aliphatic carbocycles. The van der Waals surface area contributed by atoms with Gasteiger partial charge in [-0.05, 0) is 17.7 Å². The van der Waals surface area contributed by atoms with Crippen molar-refractivity contribution in [2.75, 3.05) is 7.11 Å². The van der Waals surface area contributed by atoms with Crippen LogP contribution in [0.2, 0.25) is 10.4 Å². The fraction of sp³-hybridized carbons (Fsp3) is 0.333. The van der Waals surface area contributed by atoms with Gasteiger partial charge < -0.3 is 4.74 Å². The fourth-order valence-electron chi connectivity index (χ4n) is 0.655. The van der Waals surface area contributed by atoms with Crippen molar-refractivity contribution in [1.82, 2.24) is 9.97 Å². The SMILES string of the molecule is COCc1cc(Cl)nc(Cl)n1. The fourth-order valence-corrected chi connectivity index (χ4v) is 1.10. The van der Waals surface area contributed by atoms with E-state index in [1.165, 1.54) is 0 Å². The maximum atomic E-state index is 5.59. The van der Waals surface area contributed by atoms with E-state index in [0.29, 0.717) is 17.5 Å². The average Bonchev–Trinajstić information content (AvgIpc) is 1.85. The van der Waals surface area contributed by atoms with Gasteiger partial charge in [-0.25, -0.2) is 9.97 Å². The third kappa shape index (κ3) is 2.61. The molecule has 1 aromatic heterocycles. The Morgan fingerprint density at radius 3 is 2.73 bits per heavy atom. The molecule has 1 heterocycles. The normalized spacial score (nSPS) is 10.1. The highest BCUT2D eigenvalue weighted by atomic mass is 35.5. The molecule has 0 bridgehead atoms. The summed E-state index contributed by atoms with van der Waals surface area (Å²) in [5.41, 5.74) is 0.678. The molecule has 3 nitrogen and oxygen atoms in total. The Morgan fingerprint density at radius 1 is 1.45 bits per heavy atom. The average molecular weight is 193 g/mol. The van der Waals surface area contributed by atoms with E-state index < -0.39 is 0 Å². The Bertz CT molecular complexity index is 234. The first kappa shape index (κ1) is 8.71. The van der Waals surface area contributed by atoms with Gasteiger partial charge >= 0.3 is 0 Å². The van der Waals surface area contributed by atoms with Crippen molar-refractivity contribution < 1.29 is 4.74 Å². The van der Waals surface area contributed by atoms with E-state index in [9.17, 15) is 0 Å². The van der Waals surface area contributed by atoms with Crippen LogP contribution in [0.15, 0.2) is 6.07 Å². The van der Waals surface area contributed by atoms with Crippen LogP contribution in [0.3, 0.4) is 0 Å². The molecule has 0 radical (unpaired) electrons. The third-order valence-corrected chi connectivity index (χ3v) is 1.38. The molecule has 11 heavy (non-hydrogen) atoms. The molecule has 0 saturated carbocycles. The first-order valence-corrected chi connectivity index (χ1v) is 3.66. The molecule has 60 valence electrons. The molecule has 0 atom stereocenters. The van der Waals surface area contributed by atoms with Crippen LogP contribution < -0.4 is 0 Å².